The van der Waals surface area contributed by atoms with Crippen molar-refractivity contribution in [2.75, 3.05) is 13.2 Å². The van der Waals surface area contributed by atoms with Crippen molar-refractivity contribution in [1.82, 2.24) is 9.80 Å². The van der Waals surface area contributed by atoms with E-state index in [4.69, 9.17) is 9.47 Å². The van der Waals surface area contributed by atoms with Crippen LogP contribution in [0.4, 0.5) is 9.59 Å². The maximum Gasteiger partial charge on any atom is 0.415 e. The zero-order chi connectivity index (χ0) is 17.5. The number of hydrogen-bond donors (Lipinski definition) is 0. The number of carbonyl (C=O) groups is 3. The lowest BCUT2D eigenvalue weighted by atomic mass is 10.1. The molecule has 0 atom stereocenters. The second kappa shape index (κ2) is 8.14. The van der Waals surface area contributed by atoms with Crippen LogP contribution in [0.25, 0.3) is 0 Å². The van der Waals surface area contributed by atoms with Gasteiger partial charge >= 0.3 is 12.2 Å². The number of carbonyl (C=O) groups excluding carboxylic acids is 3. The Morgan fingerprint density at radius 1 is 0.917 bits per heavy atom. The molecule has 1 aliphatic heterocycles. The second-order valence-electron chi connectivity index (χ2n) is 4.98. The van der Waals surface area contributed by atoms with Gasteiger partial charge in [0.05, 0.1) is 19.6 Å². The molecule has 0 saturated heterocycles. The lowest BCUT2D eigenvalue weighted by Gasteiger charge is -2.28. The highest BCUT2D eigenvalue weighted by atomic mass is 16.6. The predicted molar refractivity (Wildman–Crippen MR) is 86.0 cm³/mol. The standard InChI is InChI=1S/C17H20N2O5/c1-3-23-16(21)18-10-11-19(17(22)24-4-2)15(18)12-14(20)13-8-6-5-7-9-13/h5-11,15H,3-4,12H2,1-2H3. The van der Waals surface area contributed by atoms with E-state index in [-0.39, 0.29) is 25.4 Å². The molecular formula is C17H20N2O5. The minimum atomic E-state index is -0.809. The number of rotatable bonds is 5. The summed E-state index contributed by atoms with van der Waals surface area (Å²) in [5, 5.41) is 0. The van der Waals surface area contributed by atoms with Gasteiger partial charge in [-0.05, 0) is 13.8 Å². The van der Waals surface area contributed by atoms with Gasteiger partial charge < -0.3 is 9.47 Å². The van der Waals surface area contributed by atoms with Crippen molar-refractivity contribution in [3.8, 4) is 0 Å². The van der Waals surface area contributed by atoms with Gasteiger partial charge in [0.15, 0.2) is 5.78 Å². The fraction of sp³-hybridized carbons (Fsp3) is 0.353. The van der Waals surface area contributed by atoms with E-state index in [2.05, 4.69) is 0 Å². The Morgan fingerprint density at radius 2 is 1.42 bits per heavy atom. The number of Topliss-reactive ketones (excluding diaryl/α,β-unsaturated/α-hetero) is 1. The molecule has 1 aromatic rings. The lowest BCUT2D eigenvalue weighted by molar-refractivity contribution is 0.0644. The lowest BCUT2D eigenvalue weighted by Crippen LogP contribution is -2.45. The largest absolute Gasteiger partial charge is 0.449 e. The highest BCUT2D eigenvalue weighted by Crippen LogP contribution is 2.23. The van der Waals surface area contributed by atoms with E-state index in [1.807, 2.05) is 6.07 Å². The Morgan fingerprint density at radius 3 is 1.88 bits per heavy atom. The summed E-state index contributed by atoms with van der Waals surface area (Å²) in [6.45, 7) is 3.76. The highest BCUT2D eigenvalue weighted by Gasteiger charge is 2.37. The number of ketones is 1. The molecule has 0 spiro atoms. The molecule has 0 bridgehead atoms. The molecule has 0 aromatic heterocycles. The molecule has 7 heteroatoms. The Hall–Kier alpha value is -2.83. The Bertz CT molecular complexity index is 601. The number of hydrogen-bond acceptors (Lipinski definition) is 5. The van der Waals surface area contributed by atoms with Gasteiger partial charge in [-0.2, -0.15) is 0 Å². The van der Waals surface area contributed by atoms with Crippen LogP contribution >= 0.6 is 0 Å². The topological polar surface area (TPSA) is 76.2 Å². The first kappa shape index (κ1) is 17.5. The van der Waals surface area contributed by atoms with Crippen molar-refractivity contribution >= 4 is 18.0 Å². The van der Waals surface area contributed by atoms with Gasteiger partial charge in [-0.25, -0.2) is 9.59 Å². The maximum absolute atomic E-state index is 12.5. The number of ether oxygens (including phenoxy) is 2. The van der Waals surface area contributed by atoms with Gasteiger partial charge in [0.1, 0.15) is 6.17 Å². The van der Waals surface area contributed by atoms with Gasteiger partial charge in [-0.3, -0.25) is 14.6 Å². The van der Waals surface area contributed by atoms with Gasteiger partial charge in [0.25, 0.3) is 0 Å². The third-order valence-electron chi connectivity index (χ3n) is 3.45. The van der Waals surface area contributed by atoms with E-state index in [1.54, 1.807) is 38.1 Å². The molecule has 7 nitrogen and oxygen atoms in total. The van der Waals surface area contributed by atoms with Crippen LogP contribution in [-0.2, 0) is 9.47 Å². The van der Waals surface area contributed by atoms with E-state index < -0.39 is 18.4 Å². The molecule has 2 rings (SSSR count). The molecule has 24 heavy (non-hydrogen) atoms. The van der Waals surface area contributed by atoms with Crippen LogP contribution in [0.15, 0.2) is 42.7 Å². The summed E-state index contributed by atoms with van der Waals surface area (Å²) in [5.74, 6) is -0.187. The van der Waals surface area contributed by atoms with Gasteiger partial charge in [-0.15, -0.1) is 0 Å². The minimum Gasteiger partial charge on any atom is -0.449 e. The van der Waals surface area contributed by atoms with Crippen molar-refractivity contribution in [2.24, 2.45) is 0 Å². The minimum absolute atomic E-state index is 0.0609. The van der Waals surface area contributed by atoms with E-state index in [9.17, 15) is 14.4 Å². The normalized spacial score (nSPS) is 13.9. The first-order valence-electron chi connectivity index (χ1n) is 7.75. The molecule has 2 amide bonds. The average Bonchev–Trinajstić information content (AvgIpc) is 3.00. The van der Waals surface area contributed by atoms with E-state index >= 15 is 0 Å². The number of benzene rings is 1. The first-order chi connectivity index (χ1) is 11.6. The third kappa shape index (κ3) is 3.92. The maximum atomic E-state index is 12.5. The number of amides is 2. The summed E-state index contributed by atoms with van der Waals surface area (Å²) < 4.78 is 9.95. The van der Waals surface area contributed by atoms with Gasteiger partial charge in [0, 0.05) is 18.0 Å². The smallest absolute Gasteiger partial charge is 0.415 e. The Kier molecular flexibility index (Phi) is 5.95. The van der Waals surface area contributed by atoms with Crippen LogP contribution in [0.2, 0.25) is 0 Å². The molecular weight excluding hydrogens is 312 g/mol. The molecule has 0 aliphatic carbocycles. The zero-order valence-corrected chi connectivity index (χ0v) is 13.7. The summed E-state index contributed by atoms with van der Waals surface area (Å²) in [6.07, 6.45) is 0.721. The molecule has 0 saturated carbocycles. The Balaban J connectivity index is 2.19. The van der Waals surface area contributed by atoms with E-state index in [0.717, 1.165) is 0 Å². The van der Waals surface area contributed by atoms with Crippen molar-refractivity contribution in [3.63, 3.8) is 0 Å². The highest BCUT2D eigenvalue weighted by molar-refractivity contribution is 5.97. The summed E-state index contributed by atoms with van der Waals surface area (Å²) >= 11 is 0. The Labute approximate surface area is 140 Å². The quantitative estimate of drug-likeness (QED) is 0.775. The molecule has 0 radical (unpaired) electrons. The van der Waals surface area contributed by atoms with Gasteiger partial charge in [0.2, 0.25) is 0 Å². The average molecular weight is 332 g/mol. The molecule has 0 fully saturated rings. The third-order valence-corrected chi connectivity index (χ3v) is 3.45. The van der Waals surface area contributed by atoms with Crippen LogP contribution in [0.3, 0.4) is 0 Å². The van der Waals surface area contributed by atoms with Crippen LogP contribution in [0, 0.1) is 0 Å². The van der Waals surface area contributed by atoms with Crippen LogP contribution in [0.1, 0.15) is 30.6 Å². The van der Waals surface area contributed by atoms with Crippen molar-refractivity contribution in [2.45, 2.75) is 26.4 Å². The summed E-state index contributed by atoms with van der Waals surface area (Å²) in [6, 6.07) is 8.70. The summed E-state index contributed by atoms with van der Waals surface area (Å²) in [7, 11) is 0. The van der Waals surface area contributed by atoms with Crippen molar-refractivity contribution < 1.29 is 23.9 Å². The van der Waals surface area contributed by atoms with Crippen LogP contribution in [0.5, 0.6) is 0 Å². The van der Waals surface area contributed by atoms with Gasteiger partial charge in [-0.1, -0.05) is 30.3 Å². The van der Waals surface area contributed by atoms with Crippen LogP contribution in [-0.4, -0.2) is 47.1 Å². The monoisotopic (exact) mass is 332 g/mol. The molecule has 1 aliphatic rings. The number of nitrogens with zero attached hydrogens (tertiary/aromatic N) is 2. The van der Waals surface area contributed by atoms with E-state index in [0.29, 0.717) is 5.56 Å². The molecule has 0 N–H and O–H groups in total. The molecule has 1 aromatic carbocycles. The van der Waals surface area contributed by atoms with Crippen molar-refractivity contribution in [3.05, 3.63) is 48.3 Å². The molecule has 128 valence electrons. The summed E-state index contributed by atoms with van der Waals surface area (Å²) in [4.78, 5) is 39.0. The fourth-order valence-corrected chi connectivity index (χ4v) is 2.34. The van der Waals surface area contributed by atoms with Crippen LogP contribution < -0.4 is 0 Å². The zero-order valence-electron chi connectivity index (χ0n) is 13.7. The SMILES string of the molecule is CCOC(=O)N1C=CN(C(=O)OCC)C1CC(=O)c1ccccc1. The van der Waals surface area contributed by atoms with Crippen molar-refractivity contribution in [1.29, 1.82) is 0 Å². The van der Waals surface area contributed by atoms with E-state index in [1.165, 1.54) is 22.2 Å². The fourth-order valence-electron chi connectivity index (χ4n) is 2.34. The summed E-state index contributed by atoms with van der Waals surface area (Å²) in [5.41, 5.74) is 0.511. The molecule has 1 heterocycles. The second-order valence-corrected chi connectivity index (χ2v) is 4.98. The molecule has 0 unspecified atom stereocenters. The predicted octanol–water partition coefficient (Wildman–Crippen LogP) is 2.99. The first-order valence-corrected chi connectivity index (χ1v) is 7.75.